The third-order valence-corrected chi connectivity index (χ3v) is 5.60. The first-order valence-corrected chi connectivity index (χ1v) is 9.07. The molecule has 2 rings (SSSR count). The van der Waals surface area contributed by atoms with Crippen molar-refractivity contribution < 1.29 is 13.2 Å². The van der Waals surface area contributed by atoms with E-state index in [2.05, 4.69) is 4.90 Å². The van der Waals surface area contributed by atoms with E-state index >= 15 is 0 Å². The highest BCUT2D eigenvalue weighted by Gasteiger charge is 2.27. The lowest BCUT2D eigenvalue weighted by atomic mass is 10.2. The molecule has 1 aromatic rings. The Bertz CT molecular complexity index is 616. The first kappa shape index (κ1) is 16.2. The highest BCUT2D eigenvalue weighted by Crippen LogP contribution is 2.14. The van der Waals surface area contributed by atoms with Crippen molar-refractivity contribution in [3.63, 3.8) is 0 Å². The van der Waals surface area contributed by atoms with Crippen molar-refractivity contribution in [2.75, 3.05) is 31.2 Å². The van der Waals surface area contributed by atoms with Gasteiger partial charge in [-0.1, -0.05) is 24.4 Å². The maximum Gasteiger partial charge on any atom is 0.153 e. The van der Waals surface area contributed by atoms with E-state index in [0.29, 0.717) is 24.7 Å². The monoisotopic (exact) mass is 328 g/mol. The van der Waals surface area contributed by atoms with Gasteiger partial charge in [-0.25, -0.2) is 8.42 Å². The molecule has 7 heteroatoms. The molecule has 1 aliphatic rings. The molecule has 116 valence electrons. The lowest BCUT2D eigenvalue weighted by Crippen LogP contribution is -2.48. The Balaban J connectivity index is 1.85. The standard InChI is InChI=1S/C14H20N2O3S2/c1-11-10-21(17,18)8-6-16(11)5-7-19-13-4-2-3-12(9-13)14(15)20/h2-4,9,11H,5-8,10H2,1H3,(H2,15,20). The molecule has 1 aromatic carbocycles. The van der Waals surface area contributed by atoms with Crippen molar-refractivity contribution in [3.05, 3.63) is 29.8 Å². The van der Waals surface area contributed by atoms with Crippen LogP contribution in [0, 0.1) is 0 Å². The highest BCUT2D eigenvalue weighted by molar-refractivity contribution is 7.91. The number of rotatable bonds is 5. The summed E-state index contributed by atoms with van der Waals surface area (Å²) in [7, 11) is -2.87. The second kappa shape index (κ2) is 6.72. The van der Waals surface area contributed by atoms with Crippen LogP contribution in [-0.2, 0) is 9.84 Å². The van der Waals surface area contributed by atoms with E-state index in [9.17, 15) is 8.42 Å². The Morgan fingerprint density at radius 2 is 2.29 bits per heavy atom. The molecule has 1 heterocycles. The molecule has 1 atom stereocenters. The average Bonchev–Trinajstić information content (AvgIpc) is 2.41. The maximum atomic E-state index is 11.5. The second-order valence-electron chi connectivity index (χ2n) is 5.24. The van der Waals surface area contributed by atoms with Crippen LogP contribution in [0.5, 0.6) is 5.75 Å². The molecule has 21 heavy (non-hydrogen) atoms. The number of thiocarbonyl (C=S) groups is 1. The molecule has 0 radical (unpaired) electrons. The molecular formula is C14H20N2O3S2. The quantitative estimate of drug-likeness (QED) is 0.807. The molecule has 0 saturated carbocycles. The fourth-order valence-corrected chi connectivity index (χ4v) is 4.14. The summed E-state index contributed by atoms with van der Waals surface area (Å²) in [6.45, 7) is 3.71. The van der Waals surface area contributed by atoms with Crippen molar-refractivity contribution in [2.45, 2.75) is 13.0 Å². The van der Waals surface area contributed by atoms with E-state index in [1.165, 1.54) is 0 Å². The van der Waals surface area contributed by atoms with Crippen LogP contribution in [0.1, 0.15) is 12.5 Å². The Morgan fingerprint density at radius 3 is 2.95 bits per heavy atom. The summed E-state index contributed by atoms with van der Waals surface area (Å²) in [6.07, 6.45) is 0. The lowest BCUT2D eigenvalue weighted by molar-refractivity contribution is 0.179. The summed E-state index contributed by atoms with van der Waals surface area (Å²) >= 11 is 4.93. The predicted octanol–water partition coefficient (Wildman–Crippen LogP) is 0.819. The fourth-order valence-electron chi connectivity index (χ4n) is 2.39. The van der Waals surface area contributed by atoms with Gasteiger partial charge in [-0.2, -0.15) is 0 Å². The Morgan fingerprint density at radius 1 is 1.52 bits per heavy atom. The molecule has 0 bridgehead atoms. The van der Waals surface area contributed by atoms with E-state index in [1.54, 1.807) is 0 Å². The van der Waals surface area contributed by atoms with Gasteiger partial charge in [0, 0.05) is 24.7 Å². The van der Waals surface area contributed by atoms with Crippen LogP contribution < -0.4 is 10.5 Å². The Kier molecular flexibility index (Phi) is 5.18. The molecule has 0 aromatic heterocycles. The highest BCUT2D eigenvalue weighted by atomic mass is 32.2. The summed E-state index contributed by atoms with van der Waals surface area (Å²) in [5.41, 5.74) is 6.36. The van der Waals surface area contributed by atoms with E-state index in [4.69, 9.17) is 22.7 Å². The largest absolute Gasteiger partial charge is 0.492 e. The summed E-state index contributed by atoms with van der Waals surface area (Å²) < 4.78 is 28.7. The zero-order chi connectivity index (χ0) is 15.5. The van der Waals surface area contributed by atoms with Crippen molar-refractivity contribution in [1.82, 2.24) is 4.90 Å². The topological polar surface area (TPSA) is 72.6 Å². The summed E-state index contributed by atoms with van der Waals surface area (Å²) in [5.74, 6) is 1.18. The maximum absolute atomic E-state index is 11.5. The second-order valence-corrected chi connectivity index (χ2v) is 7.91. The van der Waals surface area contributed by atoms with Crippen LogP contribution in [0.4, 0.5) is 0 Å². The van der Waals surface area contributed by atoms with E-state index in [1.807, 2.05) is 31.2 Å². The van der Waals surface area contributed by atoms with Crippen LogP contribution in [-0.4, -0.2) is 55.6 Å². The summed E-state index contributed by atoms with van der Waals surface area (Å²) in [5, 5.41) is 0. The zero-order valence-electron chi connectivity index (χ0n) is 12.0. The van der Waals surface area contributed by atoms with Crippen LogP contribution in [0.2, 0.25) is 0 Å². The molecule has 5 nitrogen and oxygen atoms in total. The minimum atomic E-state index is -2.87. The molecule has 1 saturated heterocycles. The van der Waals surface area contributed by atoms with E-state index < -0.39 is 9.84 Å². The minimum Gasteiger partial charge on any atom is -0.492 e. The fraction of sp³-hybridized carbons (Fsp3) is 0.500. The lowest BCUT2D eigenvalue weighted by Gasteiger charge is -2.32. The number of ether oxygens (including phenoxy) is 1. The smallest absolute Gasteiger partial charge is 0.153 e. The third-order valence-electron chi connectivity index (χ3n) is 3.57. The van der Waals surface area contributed by atoms with Gasteiger partial charge in [0.2, 0.25) is 0 Å². The molecule has 1 aliphatic heterocycles. The minimum absolute atomic E-state index is 0.0373. The van der Waals surface area contributed by atoms with Crippen molar-refractivity contribution in [3.8, 4) is 5.75 Å². The van der Waals surface area contributed by atoms with Gasteiger partial charge < -0.3 is 10.5 Å². The molecule has 0 spiro atoms. The van der Waals surface area contributed by atoms with Crippen LogP contribution in [0.3, 0.4) is 0 Å². The number of hydrogen-bond donors (Lipinski definition) is 1. The molecule has 1 fully saturated rings. The normalized spacial score (nSPS) is 21.9. The van der Waals surface area contributed by atoms with Gasteiger partial charge in [-0.3, -0.25) is 4.90 Å². The van der Waals surface area contributed by atoms with Crippen LogP contribution in [0.25, 0.3) is 0 Å². The summed E-state index contributed by atoms with van der Waals surface area (Å²) in [6, 6.07) is 7.39. The molecule has 0 amide bonds. The number of nitrogens with two attached hydrogens (primary N) is 1. The zero-order valence-corrected chi connectivity index (χ0v) is 13.6. The Hall–Kier alpha value is -1.18. The molecular weight excluding hydrogens is 308 g/mol. The average molecular weight is 328 g/mol. The van der Waals surface area contributed by atoms with Gasteiger partial charge >= 0.3 is 0 Å². The SMILES string of the molecule is CC1CS(=O)(=O)CCN1CCOc1cccc(C(N)=S)c1. The van der Waals surface area contributed by atoms with Crippen LogP contribution >= 0.6 is 12.2 Å². The van der Waals surface area contributed by atoms with Gasteiger partial charge in [0.25, 0.3) is 0 Å². The first-order chi connectivity index (χ1) is 9.87. The Labute approximate surface area is 131 Å². The van der Waals surface area contributed by atoms with Crippen molar-refractivity contribution in [2.24, 2.45) is 5.73 Å². The van der Waals surface area contributed by atoms with Crippen molar-refractivity contribution >= 4 is 27.0 Å². The molecule has 2 N–H and O–H groups in total. The van der Waals surface area contributed by atoms with Gasteiger partial charge in [-0.05, 0) is 19.1 Å². The summed E-state index contributed by atoms with van der Waals surface area (Å²) in [4.78, 5) is 2.48. The van der Waals surface area contributed by atoms with Gasteiger partial charge in [0.15, 0.2) is 9.84 Å². The predicted molar refractivity (Wildman–Crippen MR) is 87.5 cm³/mol. The third kappa shape index (κ3) is 4.66. The van der Waals surface area contributed by atoms with Gasteiger partial charge in [0.05, 0.1) is 11.5 Å². The molecule has 0 aliphatic carbocycles. The van der Waals surface area contributed by atoms with Gasteiger partial charge in [0.1, 0.15) is 17.3 Å². The van der Waals surface area contributed by atoms with Gasteiger partial charge in [-0.15, -0.1) is 0 Å². The first-order valence-electron chi connectivity index (χ1n) is 6.84. The number of hydrogen-bond acceptors (Lipinski definition) is 5. The van der Waals surface area contributed by atoms with Crippen LogP contribution in [0.15, 0.2) is 24.3 Å². The van der Waals surface area contributed by atoms with Crippen molar-refractivity contribution in [1.29, 1.82) is 0 Å². The molecule has 1 unspecified atom stereocenters. The van der Waals surface area contributed by atoms with E-state index in [-0.39, 0.29) is 17.5 Å². The number of sulfone groups is 1. The van der Waals surface area contributed by atoms with E-state index in [0.717, 1.165) is 11.3 Å². The number of benzene rings is 1. The number of nitrogens with zero attached hydrogens (tertiary/aromatic N) is 1.